The van der Waals surface area contributed by atoms with E-state index in [2.05, 4.69) is 4.98 Å². The van der Waals surface area contributed by atoms with Gasteiger partial charge >= 0.3 is 0 Å². The van der Waals surface area contributed by atoms with Crippen molar-refractivity contribution in [3.05, 3.63) is 22.5 Å². The van der Waals surface area contributed by atoms with E-state index >= 15 is 0 Å². The van der Waals surface area contributed by atoms with E-state index in [0.29, 0.717) is 0 Å². The van der Waals surface area contributed by atoms with Gasteiger partial charge in [-0.1, -0.05) is 0 Å². The first kappa shape index (κ1) is 8.82. The predicted molar refractivity (Wildman–Crippen MR) is 52.6 cm³/mol. The molecule has 0 fully saturated rings. The van der Waals surface area contributed by atoms with Crippen LogP contribution in [0.1, 0.15) is 33.7 Å². The van der Waals surface area contributed by atoms with Crippen LogP contribution in [-0.4, -0.2) is 16.6 Å². The molecular formula is C10H12ClNO. The molecule has 0 aromatic carbocycles. The molecule has 13 heavy (non-hydrogen) atoms. The minimum absolute atomic E-state index is 0.0542. The molecule has 70 valence electrons. The maximum absolute atomic E-state index is 11.5. The number of carbonyl (C=O) groups excluding carboxylic acids is 1. The van der Waals surface area contributed by atoms with Crippen molar-refractivity contribution >= 4 is 17.4 Å². The molecule has 1 N–H and O–H groups in total. The summed E-state index contributed by atoms with van der Waals surface area (Å²) >= 11 is 5.55. The normalized spacial score (nSPS) is 14.6. The molecule has 0 bridgehead atoms. The summed E-state index contributed by atoms with van der Waals surface area (Å²) in [6.07, 6.45) is 3.26. The van der Waals surface area contributed by atoms with Crippen LogP contribution in [0.4, 0.5) is 0 Å². The number of carbonyl (C=O) groups is 1. The Kier molecular flexibility index (Phi) is 2.16. The highest BCUT2D eigenvalue weighted by molar-refractivity contribution is 6.30. The first-order valence-corrected chi connectivity index (χ1v) is 5.07. The topological polar surface area (TPSA) is 32.9 Å². The zero-order valence-electron chi connectivity index (χ0n) is 7.61. The fourth-order valence-corrected chi connectivity index (χ4v) is 2.25. The first-order chi connectivity index (χ1) is 6.24. The van der Waals surface area contributed by atoms with Gasteiger partial charge in [-0.15, -0.1) is 11.6 Å². The van der Waals surface area contributed by atoms with Crippen LogP contribution < -0.4 is 0 Å². The Morgan fingerprint density at radius 3 is 3.00 bits per heavy atom. The zero-order valence-corrected chi connectivity index (χ0v) is 8.37. The molecule has 0 unspecified atom stereocenters. The van der Waals surface area contributed by atoms with Crippen molar-refractivity contribution in [1.29, 1.82) is 0 Å². The maximum atomic E-state index is 11.5. The van der Waals surface area contributed by atoms with Crippen LogP contribution in [0.25, 0.3) is 0 Å². The van der Waals surface area contributed by atoms with Crippen molar-refractivity contribution in [3.63, 3.8) is 0 Å². The van der Waals surface area contributed by atoms with Crippen molar-refractivity contribution in [2.45, 2.75) is 26.2 Å². The fraction of sp³-hybridized carbons (Fsp3) is 0.500. The lowest BCUT2D eigenvalue weighted by Crippen LogP contribution is -2.03. The average molecular weight is 198 g/mol. The second kappa shape index (κ2) is 3.18. The second-order valence-corrected chi connectivity index (χ2v) is 3.76. The molecule has 0 atom stereocenters. The van der Waals surface area contributed by atoms with E-state index in [4.69, 9.17) is 11.6 Å². The summed E-state index contributed by atoms with van der Waals surface area (Å²) in [5.74, 6) is 0.143. The molecule has 2 nitrogen and oxygen atoms in total. The monoisotopic (exact) mass is 197 g/mol. The molecule has 0 saturated carbocycles. The highest BCUT2D eigenvalue weighted by Crippen LogP contribution is 2.27. The van der Waals surface area contributed by atoms with E-state index in [0.717, 1.165) is 30.5 Å². The number of halogens is 1. The zero-order chi connectivity index (χ0) is 9.42. The van der Waals surface area contributed by atoms with E-state index in [9.17, 15) is 4.79 Å². The summed E-state index contributed by atoms with van der Waals surface area (Å²) in [5, 5.41) is 0. The van der Waals surface area contributed by atoms with E-state index < -0.39 is 0 Å². The van der Waals surface area contributed by atoms with Crippen LogP contribution in [0.3, 0.4) is 0 Å². The minimum atomic E-state index is 0.0542. The van der Waals surface area contributed by atoms with Gasteiger partial charge in [-0.25, -0.2) is 0 Å². The van der Waals surface area contributed by atoms with Crippen molar-refractivity contribution < 1.29 is 4.79 Å². The summed E-state index contributed by atoms with van der Waals surface area (Å²) < 4.78 is 0. The van der Waals surface area contributed by atoms with Crippen molar-refractivity contribution in [2.75, 3.05) is 5.88 Å². The van der Waals surface area contributed by atoms with Gasteiger partial charge in [0, 0.05) is 17.0 Å². The maximum Gasteiger partial charge on any atom is 0.179 e. The van der Waals surface area contributed by atoms with E-state index in [1.54, 1.807) is 0 Å². The number of hydrogen-bond donors (Lipinski definition) is 1. The summed E-state index contributed by atoms with van der Waals surface area (Å²) in [7, 11) is 0. The third-order valence-corrected chi connectivity index (χ3v) is 2.88. The number of rotatable bonds is 2. The molecule has 2 rings (SSSR count). The van der Waals surface area contributed by atoms with Crippen LogP contribution in [0.2, 0.25) is 0 Å². The third-order valence-electron chi connectivity index (χ3n) is 2.63. The van der Waals surface area contributed by atoms with Crippen molar-refractivity contribution in [1.82, 2.24) is 4.98 Å². The largest absolute Gasteiger partial charge is 0.362 e. The molecule has 1 aliphatic carbocycles. The molecule has 1 aromatic heterocycles. The van der Waals surface area contributed by atoms with Gasteiger partial charge in [0.15, 0.2) is 5.78 Å². The van der Waals surface area contributed by atoms with E-state index in [1.807, 2.05) is 6.92 Å². The van der Waals surface area contributed by atoms with Crippen molar-refractivity contribution in [3.8, 4) is 0 Å². The lowest BCUT2D eigenvalue weighted by atomic mass is 10.1. The molecule has 0 saturated heterocycles. The van der Waals surface area contributed by atoms with Gasteiger partial charge in [0.2, 0.25) is 0 Å². The Balaban J connectivity index is 2.50. The molecule has 1 aromatic rings. The molecule has 0 aliphatic heterocycles. The standard InChI is InChI=1S/C10H12ClNO/c1-6-10(9(13)5-11)7-3-2-4-8(7)12-6/h12H,2-5H2,1H3. The van der Waals surface area contributed by atoms with E-state index in [1.165, 1.54) is 11.3 Å². The molecule has 0 spiro atoms. The summed E-state index contributed by atoms with van der Waals surface area (Å²) in [5.41, 5.74) is 4.28. The Labute approximate surface area is 82.3 Å². The number of aryl methyl sites for hydroxylation is 2. The summed E-state index contributed by atoms with van der Waals surface area (Å²) in [6, 6.07) is 0. The van der Waals surface area contributed by atoms with Gasteiger partial charge in [-0.05, 0) is 31.7 Å². The average Bonchev–Trinajstić information content (AvgIpc) is 2.62. The second-order valence-electron chi connectivity index (χ2n) is 3.49. The molecule has 1 heterocycles. The van der Waals surface area contributed by atoms with Crippen molar-refractivity contribution in [2.24, 2.45) is 0 Å². The highest BCUT2D eigenvalue weighted by Gasteiger charge is 2.23. The third kappa shape index (κ3) is 1.29. The molecule has 3 heteroatoms. The predicted octanol–water partition coefficient (Wildman–Crippen LogP) is 2.23. The van der Waals surface area contributed by atoms with Gasteiger partial charge in [0.1, 0.15) is 0 Å². The Hall–Kier alpha value is -0.760. The Morgan fingerprint density at radius 2 is 2.31 bits per heavy atom. The summed E-state index contributed by atoms with van der Waals surface area (Å²) in [6.45, 7) is 1.94. The number of aromatic nitrogens is 1. The molecule has 0 radical (unpaired) electrons. The molecule has 0 amide bonds. The van der Waals surface area contributed by atoms with Gasteiger partial charge < -0.3 is 4.98 Å². The van der Waals surface area contributed by atoms with Crippen LogP contribution >= 0.6 is 11.6 Å². The Morgan fingerprint density at radius 1 is 1.54 bits per heavy atom. The van der Waals surface area contributed by atoms with Crippen LogP contribution in [-0.2, 0) is 12.8 Å². The number of aromatic amines is 1. The van der Waals surface area contributed by atoms with Gasteiger partial charge in [0.25, 0.3) is 0 Å². The number of Topliss-reactive ketones (excluding diaryl/α,β-unsaturated/α-hetero) is 1. The minimum Gasteiger partial charge on any atom is -0.362 e. The first-order valence-electron chi connectivity index (χ1n) is 4.53. The Bertz CT molecular complexity index is 354. The fourth-order valence-electron chi connectivity index (χ4n) is 2.12. The van der Waals surface area contributed by atoms with Crippen LogP contribution in [0.5, 0.6) is 0 Å². The van der Waals surface area contributed by atoms with Gasteiger partial charge in [-0.3, -0.25) is 4.79 Å². The number of ketones is 1. The van der Waals surface area contributed by atoms with Gasteiger partial charge in [0.05, 0.1) is 5.88 Å². The number of hydrogen-bond acceptors (Lipinski definition) is 1. The van der Waals surface area contributed by atoms with E-state index in [-0.39, 0.29) is 11.7 Å². The number of fused-ring (bicyclic) bond motifs is 1. The lowest BCUT2D eigenvalue weighted by molar-refractivity contribution is 0.102. The molecule has 1 aliphatic rings. The highest BCUT2D eigenvalue weighted by atomic mass is 35.5. The number of nitrogens with one attached hydrogen (secondary N) is 1. The summed E-state index contributed by atoms with van der Waals surface area (Å²) in [4.78, 5) is 14.8. The SMILES string of the molecule is Cc1[nH]c2c(c1C(=O)CCl)CCC2. The number of alkyl halides is 1. The van der Waals surface area contributed by atoms with Crippen LogP contribution in [0.15, 0.2) is 0 Å². The van der Waals surface area contributed by atoms with Crippen LogP contribution in [0, 0.1) is 6.92 Å². The smallest absolute Gasteiger partial charge is 0.179 e. The quantitative estimate of drug-likeness (QED) is 0.573. The number of H-pyrrole nitrogens is 1. The lowest BCUT2D eigenvalue weighted by Gasteiger charge is -1.98. The van der Waals surface area contributed by atoms with Gasteiger partial charge in [-0.2, -0.15) is 0 Å². The molecular weight excluding hydrogens is 186 g/mol.